The molecule has 1 atom stereocenters. The van der Waals surface area contributed by atoms with Crippen LogP contribution in [-0.4, -0.2) is 23.9 Å². The normalized spacial score (nSPS) is 17.8. The van der Waals surface area contributed by atoms with E-state index in [1.54, 1.807) is 24.3 Å². The van der Waals surface area contributed by atoms with Gasteiger partial charge in [-0.1, -0.05) is 60.2 Å². The fourth-order valence-corrected chi connectivity index (χ4v) is 4.00. The molecular weight excluding hydrogens is 390 g/mol. The number of ether oxygens (including phenoxy) is 1. The minimum atomic E-state index is -0.780. The molecule has 3 aromatic carbocycles. The number of aliphatic hydroxyl groups excluding tert-OH is 1. The first-order valence-corrected chi connectivity index (χ1v) is 10.0. The lowest BCUT2D eigenvalue weighted by atomic mass is 9.93. The quantitative estimate of drug-likeness (QED) is 0.374. The van der Waals surface area contributed by atoms with E-state index in [4.69, 9.17) is 4.74 Å². The van der Waals surface area contributed by atoms with Gasteiger partial charge < -0.3 is 9.84 Å². The fraction of sp³-hybridized carbons (Fsp3) is 0.154. The summed E-state index contributed by atoms with van der Waals surface area (Å²) in [6, 6.07) is 21.2. The number of carbonyl (C=O) groups is 2. The zero-order chi connectivity index (χ0) is 22.1. The Morgan fingerprint density at radius 3 is 2.32 bits per heavy atom. The summed E-state index contributed by atoms with van der Waals surface area (Å²) in [6.45, 7) is 3.78. The third kappa shape index (κ3) is 3.48. The number of amides is 1. The van der Waals surface area contributed by atoms with Gasteiger partial charge in [0.2, 0.25) is 0 Å². The second-order valence-electron chi connectivity index (χ2n) is 7.57. The molecule has 5 heteroatoms. The van der Waals surface area contributed by atoms with E-state index in [1.807, 2.05) is 62.4 Å². The maximum absolute atomic E-state index is 13.2. The predicted molar refractivity (Wildman–Crippen MR) is 120 cm³/mol. The summed E-state index contributed by atoms with van der Waals surface area (Å²) in [5.74, 6) is -1.13. The Morgan fingerprint density at radius 1 is 0.935 bits per heavy atom. The summed E-state index contributed by atoms with van der Waals surface area (Å²) in [5, 5.41) is 11.3. The molecule has 4 rings (SSSR count). The van der Waals surface area contributed by atoms with Crippen molar-refractivity contribution in [1.82, 2.24) is 0 Å². The second-order valence-corrected chi connectivity index (χ2v) is 7.57. The van der Waals surface area contributed by atoms with Crippen LogP contribution in [0.25, 0.3) is 5.76 Å². The van der Waals surface area contributed by atoms with Crippen molar-refractivity contribution in [2.75, 3.05) is 12.0 Å². The van der Waals surface area contributed by atoms with Crippen LogP contribution in [-0.2, 0) is 9.59 Å². The van der Waals surface area contributed by atoms with E-state index < -0.39 is 17.7 Å². The van der Waals surface area contributed by atoms with Crippen LogP contribution in [0.1, 0.15) is 28.3 Å². The monoisotopic (exact) mass is 413 g/mol. The Bertz CT molecular complexity index is 1200. The smallest absolute Gasteiger partial charge is 0.300 e. The first-order valence-electron chi connectivity index (χ1n) is 10.0. The average Bonchev–Trinajstić information content (AvgIpc) is 3.06. The Labute approximate surface area is 181 Å². The van der Waals surface area contributed by atoms with Crippen LogP contribution in [0.2, 0.25) is 0 Å². The number of hydrogen-bond donors (Lipinski definition) is 1. The third-order valence-corrected chi connectivity index (χ3v) is 5.55. The molecule has 3 aromatic rings. The number of aliphatic hydroxyl groups is 1. The average molecular weight is 413 g/mol. The minimum Gasteiger partial charge on any atom is -0.507 e. The van der Waals surface area contributed by atoms with Gasteiger partial charge in [-0.3, -0.25) is 14.5 Å². The van der Waals surface area contributed by atoms with E-state index >= 15 is 0 Å². The van der Waals surface area contributed by atoms with Gasteiger partial charge in [0.15, 0.2) is 0 Å². The van der Waals surface area contributed by atoms with Crippen molar-refractivity contribution in [2.24, 2.45) is 0 Å². The highest BCUT2D eigenvalue weighted by Gasteiger charge is 2.47. The lowest BCUT2D eigenvalue weighted by Gasteiger charge is -2.26. The molecule has 1 heterocycles. The van der Waals surface area contributed by atoms with Crippen LogP contribution in [0.3, 0.4) is 0 Å². The van der Waals surface area contributed by atoms with Crippen LogP contribution < -0.4 is 9.64 Å². The molecule has 1 aliphatic rings. The molecule has 1 unspecified atom stereocenters. The highest BCUT2D eigenvalue weighted by atomic mass is 16.5. The van der Waals surface area contributed by atoms with Crippen LogP contribution >= 0.6 is 0 Å². The van der Waals surface area contributed by atoms with Gasteiger partial charge in [-0.25, -0.2) is 0 Å². The van der Waals surface area contributed by atoms with Crippen molar-refractivity contribution in [2.45, 2.75) is 19.9 Å². The molecule has 1 fully saturated rings. The highest BCUT2D eigenvalue weighted by Crippen LogP contribution is 2.45. The summed E-state index contributed by atoms with van der Waals surface area (Å²) >= 11 is 0. The Hall–Kier alpha value is -3.86. The van der Waals surface area contributed by atoms with Crippen LogP contribution in [0.15, 0.2) is 78.4 Å². The van der Waals surface area contributed by atoms with Crippen LogP contribution in [0.4, 0.5) is 5.69 Å². The number of ketones is 1. The number of benzene rings is 3. The molecule has 31 heavy (non-hydrogen) atoms. The topological polar surface area (TPSA) is 66.8 Å². The molecule has 0 radical (unpaired) electrons. The van der Waals surface area contributed by atoms with E-state index in [0.29, 0.717) is 17.0 Å². The van der Waals surface area contributed by atoms with E-state index in [1.165, 1.54) is 12.0 Å². The van der Waals surface area contributed by atoms with Gasteiger partial charge in [0.05, 0.1) is 24.4 Å². The first kappa shape index (κ1) is 20.4. The molecule has 0 spiro atoms. The van der Waals surface area contributed by atoms with Gasteiger partial charge in [0.1, 0.15) is 11.5 Å². The molecule has 0 aromatic heterocycles. The first-order chi connectivity index (χ1) is 14.9. The molecule has 0 aliphatic carbocycles. The summed E-state index contributed by atoms with van der Waals surface area (Å²) in [4.78, 5) is 27.9. The van der Waals surface area contributed by atoms with Crippen molar-refractivity contribution < 1.29 is 19.4 Å². The molecule has 1 aliphatic heterocycles. The predicted octanol–water partition coefficient (Wildman–Crippen LogP) is 4.94. The minimum absolute atomic E-state index is 0.0656. The molecule has 156 valence electrons. The van der Waals surface area contributed by atoms with Crippen LogP contribution in [0, 0.1) is 13.8 Å². The van der Waals surface area contributed by atoms with Crippen molar-refractivity contribution in [3.8, 4) is 5.75 Å². The van der Waals surface area contributed by atoms with Crippen molar-refractivity contribution in [1.29, 1.82) is 0 Å². The summed E-state index contributed by atoms with van der Waals surface area (Å²) in [7, 11) is 1.52. The molecular formula is C26H23NO4. The number of rotatable bonds is 4. The van der Waals surface area contributed by atoms with Crippen LogP contribution in [0.5, 0.6) is 5.75 Å². The third-order valence-electron chi connectivity index (χ3n) is 5.55. The zero-order valence-corrected chi connectivity index (χ0v) is 17.6. The summed E-state index contributed by atoms with van der Waals surface area (Å²) in [5.41, 5.74) is 3.57. The standard InChI is InChI=1S/C26H23NO4/c1-16-13-14-17(2)19(15-16)24(28)22-23(18-9-5-4-6-10-18)27(26(30)25(22)29)20-11-7-8-12-21(20)31-3/h4-15,23,28H,1-3H3/b24-22+. The largest absolute Gasteiger partial charge is 0.507 e. The Balaban J connectivity index is 2.00. The van der Waals surface area contributed by atoms with Crippen molar-refractivity contribution in [3.63, 3.8) is 0 Å². The second kappa shape index (κ2) is 8.11. The van der Waals surface area contributed by atoms with Crippen molar-refractivity contribution in [3.05, 3.63) is 101 Å². The van der Waals surface area contributed by atoms with E-state index in [9.17, 15) is 14.7 Å². The van der Waals surface area contributed by atoms with E-state index in [2.05, 4.69) is 0 Å². The lowest BCUT2D eigenvalue weighted by molar-refractivity contribution is -0.132. The zero-order valence-electron chi connectivity index (χ0n) is 17.6. The number of anilines is 1. The number of nitrogens with zero attached hydrogens (tertiary/aromatic N) is 1. The van der Waals surface area contributed by atoms with Gasteiger partial charge in [-0.15, -0.1) is 0 Å². The van der Waals surface area contributed by atoms with Gasteiger partial charge >= 0.3 is 0 Å². The molecule has 1 amide bonds. The van der Waals surface area contributed by atoms with Crippen molar-refractivity contribution >= 4 is 23.1 Å². The number of para-hydroxylation sites is 2. The Morgan fingerprint density at radius 2 is 1.61 bits per heavy atom. The summed E-state index contributed by atoms with van der Waals surface area (Å²) < 4.78 is 5.46. The molecule has 0 saturated carbocycles. The maximum Gasteiger partial charge on any atom is 0.300 e. The van der Waals surface area contributed by atoms with Gasteiger partial charge in [0, 0.05) is 5.56 Å². The number of hydrogen-bond acceptors (Lipinski definition) is 4. The number of methoxy groups -OCH3 is 1. The van der Waals surface area contributed by atoms with E-state index in [0.717, 1.165) is 16.7 Å². The number of Topliss-reactive ketones (excluding diaryl/α,β-unsaturated/α-hetero) is 1. The highest BCUT2D eigenvalue weighted by molar-refractivity contribution is 6.52. The molecule has 5 nitrogen and oxygen atoms in total. The van der Waals surface area contributed by atoms with Gasteiger partial charge in [-0.2, -0.15) is 0 Å². The maximum atomic E-state index is 13.2. The fourth-order valence-electron chi connectivity index (χ4n) is 4.00. The molecule has 1 N–H and O–H groups in total. The summed E-state index contributed by atoms with van der Waals surface area (Å²) in [6.07, 6.45) is 0. The Kier molecular flexibility index (Phi) is 5.34. The van der Waals surface area contributed by atoms with E-state index in [-0.39, 0.29) is 11.3 Å². The van der Waals surface area contributed by atoms with Gasteiger partial charge in [-0.05, 0) is 43.2 Å². The number of carbonyl (C=O) groups excluding carboxylic acids is 2. The molecule has 0 bridgehead atoms. The number of aryl methyl sites for hydroxylation is 2. The SMILES string of the molecule is COc1ccccc1N1C(=O)C(=O)/C(=C(/O)c2cc(C)ccc2C)C1c1ccccc1. The van der Waals surface area contributed by atoms with Gasteiger partial charge in [0.25, 0.3) is 11.7 Å². The molecule has 1 saturated heterocycles. The lowest BCUT2D eigenvalue weighted by Crippen LogP contribution is -2.29.